The lowest BCUT2D eigenvalue weighted by Gasteiger charge is -2.05. The molecular formula is C13H11FN2O. The summed E-state index contributed by atoms with van der Waals surface area (Å²) in [6, 6.07) is 7.55. The van der Waals surface area contributed by atoms with Gasteiger partial charge in [0.05, 0.1) is 5.69 Å². The Morgan fingerprint density at radius 2 is 2.00 bits per heavy atom. The maximum Gasteiger partial charge on any atom is 0.254 e. The highest BCUT2D eigenvalue weighted by molar-refractivity contribution is 5.58. The van der Waals surface area contributed by atoms with Crippen LogP contribution in [-0.2, 0) is 13.0 Å². The Hall–Kier alpha value is -1.97. The molecule has 0 N–H and O–H groups in total. The molecule has 1 aliphatic rings. The van der Waals surface area contributed by atoms with E-state index in [0.29, 0.717) is 5.69 Å². The normalized spacial score (nSPS) is 13.7. The van der Waals surface area contributed by atoms with Crippen LogP contribution in [0.2, 0.25) is 0 Å². The summed E-state index contributed by atoms with van der Waals surface area (Å²) >= 11 is 0. The predicted molar refractivity (Wildman–Crippen MR) is 62.2 cm³/mol. The quantitative estimate of drug-likeness (QED) is 0.751. The van der Waals surface area contributed by atoms with E-state index in [1.165, 1.54) is 18.2 Å². The number of hydrogen-bond acceptors (Lipinski definition) is 2. The Morgan fingerprint density at radius 3 is 2.76 bits per heavy atom. The van der Waals surface area contributed by atoms with E-state index < -0.39 is 0 Å². The smallest absolute Gasteiger partial charge is 0.254 e. The molecule has 1 aromatic heterocycles. The molecule has 2 aromatic rings. The Bertz CT molecular complexity index is 616. The van der Waals surface area contributed by atoms with Gasteiger partial charge in [0.15, 0.2) is 0 Å². The van der Waals surface area contributed by atoms with E-state index in [-0.39, 0.29) is 11.4 Å². The molecule has 86 valence electrons. The van der Waals surface area contributed by atoms with Gasteiger partial charge < -0.3 is 0 Å². The number of benzene rings is 1. The van der Waals surface area contributed by atoms with Crippen LogP contribution < -0.4 is 5.56 Å². The first-order valence-electron chi connectivity index (χ1n) is 5.61. The highest BCUT2D eigenvalue weighted by atomic mass is 19.1. The van der Waals surface area contributed by atoms with Crippen molar-refractivity contribution in [3.63, 3.8) is 0 Å². The first kappa shape index (κ1) is 10.2. The zero-order chi connectivity index (χ0) is 11.8. The second-order valence-corrected chi connectivity index (χ2v) is 4.16. The summed E-state index contributed by atoms with van der Waals surface area (Å²) in [7, 11) is 0. The Balaban J connectivity index is 2.13. The topological polar surface area (TPSA) is 34.9 Å². The van der Waals surface area contributed by atoms with Gasteiger partial charge in [-0.3, -0.25) is 9.36 Å². The number of rotatable bonds is 1. The van der Waals surface area contributed by atoms with E-state index in [9.17, 15) is 9.18 Å². The summed E-state index contributed by atoms with van der Waals surface area (Å²) < 4.78 is 14.5. The molecule has 0 saturated carbocycles. The number of aryl methyl sites for hydroxylation is 1. The van der Waals surface area contributed by atoms with Crippen LogP contribution in [0.3, 0.4) is 0 Å². The first-order valence-corrected chi connectivity index (χ1v) is 5.61. The van der Waals surface area contributed by atoms with Crippen molar-refractivity contribution in [1.29, 1.82) is 0 Å². The summed E-state index contributed by atoms with van der Waals surface area (Å²) in [6.45, 7) is 0.755. The van der Waals surface area contributed by atoms with E-state index in [1.54, 1.807) is 16.7 Å². The average molecular weight is 230 g/mol. The van der Waals surface area contributed by atoms with Gasteiger partial charge in [-0.05, 0) is 30.7 Å². The summed E-state index contributed by atoms with van der Waals surface area (Å²) in [5.41, 5.74) is 1.38. The predicted octanol–water partition coefficient (Wildman–Crippen LogP) is 2.00. The molecule has 0 saturated heterocycles. The van der Waals surface area contributed by atoms with E-state index in [0.717, 1.165) is 30.8 Å². The van der Waals surface area contributed by atoms with Gasteiger partial charge in [-0.25, -0.2) is 9.37 Å². The number of aromatic nitrogens is 2. The summed E-state index contributed by atoms with van der Waals surface area (Å²) in [5, 5.41) is 0. The molecule has 1 aromatic carbocycles. The highest BCUT2D eigenvalue weighted by Gasteiger charge is 2.14. The van der Waals surface area contributed by atoms with E-state index in [1.807, 2.05) is 0 Å². The third-order valence-electron chi connectivity index (χ3n) is 3.01. The van der Waals surface area contributed by atoms with Crippen molar-refractivity contribution in [2.24, 2.45) is 0 Å². The van der Waals surface area contributed by atoms with Gasteiger partial charge in [0.2, 0.25) is 0 Å². The van der Waals surface area contributed by atoms with Gasteiger partial charge >= 0.3 is 0 Å². The van der Waals surface area contributed by atoms with Crippen molar-refractivity contribution < 1.29 is 4.39 Å². The molecule has 0 spiro atoms. The van der Waals surface area contributed by atoms with E-state index in [2.05, 4.69) is 4.98 Å². The van der Waals surface area contributed by atoms with Gasteiger partial charge in [0, 0.05) is 24.6 Å². The molecular weight excluding hydrogens is 219 g/mol. The first-order chi connectivity index (χ1) is 8.24. The minimum absolute atomic E-state index is 0.0215. The Morgan fingerprint density at radius 1 is 1.24 bits per heavy atom. The number of halogens is 1. The molecule has 17 heavy (non-hydrogen) atoms. The van der Waals surface area contributed by atoms with Crippen LogP contribution in [0, 0.1) is 5.82 Å². The lowest BCUT2D eigenvalue weighted by Crippen LogP contribution is -2.20. The molecule has 4 heteroatoms. The number of fused-ring (bicyclic) bond motifs is 1. The van der Waals surface area contributed by atoms with Crippen LogP contribution in [0.1, 0.15) is 12.2 Å². The SMILES string of the molecule is O=c1cc(-c2ccc(F)cc2)nc2n1CCC2. The maximum atomic E-state index is 12.8. The second-order valence-electron chi connectivity index (χ2n) is 4.16. The maximum absolute atomic E-state index is 12.8. The lowest BCUT2D eigenvalue weighted by atomic mass is 10.1. The van der Waals surface area contributed by atoms with E-state index in [4.69, 9.17) is 0 Å². The van der Waals surface area contributed by atoms with Crippen molar-refractivity contribution in [3.8, 4) is 11.3 Å². The van der Waals surface area contributed by atoms with Gasteiger partial charge in [-0.15, -0.1) is 0 Å². The van der Waals surface area contributed by atoms with Crippen LogP contribution in [0.25, 0.3) is 11.3 Å². The van der Waals surface area contributed by atoms with Crippen molar-refractivity contribution >= 4 is 0 Å². The van der Waals surface area contributed by atoms with Crippen molar-refractivity contribution in [3.05, 3.63) is 52.3 Å². The molecule has 3 rings (SSSR count). The zero-order valence-electron chi connectivity index (χ0n) is 9.19. The van der Waals surface area contributed by atoms with Crippen LogP contribution in [-0.4, -0.2) is 9.55 Å². The number of nitrogens with zero attached hydrogens (tertiary/aromatic N) is 2. The highest BCUT2D eigenvalue weighted by Crippen LogP contribution is 2.18. The largest absolute Gasteiger partial charge is 0.297 e. The Kier molecular flexibility index (Phi) is 2.28. The van der Waals surface area contributed by atoms with Crippen LogP contribution in [0.4, 0.5) is 4.39 Å². The average Bonchev–Trinajstić information content (AvgIpc) is 2.78. The molecule has 0 bridgehead atoms. The van der Waals surface area contributed by atoms with Gasteiger partial charge in [-0.1, -0.05) is 0 Å². The molecule has 0 unspecified atom stereocenters. The third kappa shape index (κ3) is 1.75. The van der Waals surface area contributed by atoms with Crippen LogP contribution in [0.5, 0.6) is 0 Å². The zero-order valence-corrected chi connectivity index (χ0v) is 9.19. The fourth-order valence-electron chi connectivity index (χ4n) is 2.15. The van der Waals surface area contributed by atoms with Crippen molar-refractivity contribution in [1.82, 2.24) is 9.55 Å². The van der Waals surface area contributed by atoms with Crippen LogP contribution >= 0.6 is 0 Å². The van der Waals surface area contributed by atoms with Gasteiger partial charge in [-0.2, -0.15) is 0 Å². The fraction of sp³-hybridized carbons (Fsp3) is 0.231. The van der Waals surface area contributed by atoms with Gasteiger partial charge in [0.25, 0.3) is 5.56 Å². The Labute approximate surface area is 97.6 Å². The molecule has 0 fully saturated rings. The van der Waals surface area contributed by atoms with Gasteiger partial charge in [0.1, 0.15) is 11.6 Å². The minimum atomic E-state index is -0.286. The van der Waals surface area contributed by atoms with E-state index >= 15 is 0 Å². The summed E-state index contributed by atoms with van der Waals surface area (Å²) in [5.74, 6) is 0.545. The fourth-order valence-corrected chi connectivity index (χ4v) is 2.15. The molecule has 0 atom stereocenters. The third-order valence-corrected chi connectivity index (χ3v) is 3.01. The summed E-state index contributed by atoms with van der Waals surface area (Å²) in [6.07, 6.45) is 1.80. The monoisotopic (exact) mass is 230 g/mol. The van der Waals surface area contributed by atoms with Crippen molar-refractivity contribution in [2.75, 3.05) is 0 Å². The second kappa shape index (κ2) is 3.80. The summed E-state index contributed by atoms with van der Waals surface area (Å²) in [4.78, 5) is 16.3. The number of hydrogen-bond donors (Lipinski definition) is 0. The standard InChI is InChI=1S/C13H11FN2O/c14-10-5-3-9(4-6-10)11-8-13(17)16-7-1-2-12(16)15-11/h3-6,8H,1-2,7H2. The molecule has 1 aliphatic heterocycles. The van der Waals surface area contributed by atoms with Crippen molar-refractivity contribution in [2.45, 2.75) is 19.4 Å². The molecule has 2 heterocycles. The molecule has 0 radical (unpaired) electrons. The molecule has 0 amide bonds. The molecule has 0 aliphatic carbocycles. The molecule has 3 nitrogen and oxygen atoms in total. The minimum Gasteiger partial charge on any atom is -0.297 e. The van der Waals surface area contributed by atoms with Crippen LogP contribution in [0.15, 0.2) is 35.1 Å². The lowest BCUT2D eigenvalue weighted by molar-refractivity contribution is 0.628.